The van der Waals surface area contributed by atoms with Crippen LogP contribution in [0.4, 0.5) is 0 Å². The molecule has 132 valence electrons. The van der Waals surface area contributed by atoms with Crippen LogP contribution in [0.5, 0.6) is 5.75 Å². The van der Waals surface area contributed by atoms with Crippen molar-refractivity contribution in [2.45, 2.75) is 19.9 Å². The van der Waals surface area contributed by atoms with E-state index in [0.717, 1.165) is 16.3 Å². The molecule has 0 aliphatic heterocycles. The maximum atomic E-state index is 11.9. The van der Waals surface area contributed by atoms with Crippen molar-refractivity contribution in [2.24, 2.45) is 0 Å². The maximum Gasteiger partial charge on any atom is 0.308 e. The molecule has 3 aromatic rings. The highest BCUT2D eigenvalue weighted by Gasteiger charge is 2.24. The largest absolute Gasteiger partial charge is 0.426 e. The first-order valence-corrected chi connectivity index (χ1v) is 8.56. The van der Waals surface area contributed by atoms with Crippen molar-refractivity contribution >= 4 is 34.2 Å². The third-order valence-corrected chi connectivity index (χ3v) is 4.38. The number of hydrogen-bond acceptors (Lipinski definition) is 3. The fraction of sp³-hybridized carbons (Fsp3) is 0.143. The van der Waals surface area contributed by atoms with Gasteiger partial charge >= 0.3 is 5.97 Å². The lowest BCUT2D eigenvalue weighted by atomic mass is 9.92. The van der Waals surface area contributed by atoms with Crippen LogP contribution >= 0.6 is 11.6 Å². The fourth-order valence-electron chi connectivity index (χ4n) is 3.04. The molecule has 0 aliphatic carbocycles. The third-order valence-electron chi connectivity index (χ3n) is 4.04. The monoisotopic (exact) mass is 367 g/mol. The van der Waals surface area contributed by atoms with Gasteiger partial charge in [-0.1, -0.05) is 60.1 Å². The van der Waals surface area contributed by atoms with Gasteiger partial charge in [0.1, 0.15) is 5.75 Å². The van der Waals surface area contributed by atoms with Crippen LogP contribution in [0.25, 0.3) is 10.8 Å². The molecule has 0 bridgehead atoms. The molecular formula is C21H18ClNO3. The number of nitrogens with one attached hydrogen (secondary N) is 1. The molecular weight excluding hydrogens is 350 g/mol. The Bertz CT molecular complexity index is 984. The molecule has 26 heavy (non-hydrogen) atoms. The molecule has 0 radical (unpaired) electrons. The number of ether oxygens (including phenoxy) is 1. The number of halogens is 1. The normalized spacial score (nSPS) is 11.8. The molecule has 0 aliphatic rings. The molecule has 0 spiro atoms. The predicted molar refractivity (Wildman–Crippen MR) is 102 cm³/mol. The summed E-state index contributed by atoms with van der Waals surface area (Å²) in [6.45, 7) is 2.79. The standard InChI is InChI=1S/C21H18ClNO3/c1-13(24)23-21(17-9-5-6-10-18(17)22)20-16-8-4-3-7-15(16)11-12-19(20)26-14(2)25/h3-12,21H,1-2H3,(H,23,24)/t21-/m0/s1. The Balaban J connectivity index is 2.31. The smallest absolute Gasteiger partial charge is 0.308 e. The molecule has 0 fully saturated rings. The third kappa shape index (κ3) is 3.70. The SMILES string of the molecule is CC(=O)N[C@@H](c1ccccc1Cl)c1c(OC(C)=O)ccc2ccccc12. The van der Waals surface area contributed by atoms with Crippen LogP contribution in [-0.4, -0.2) is 11.9 Å². The Morgan fingerprint density at radius 3 is 2.35 bits per heavy atom. The van der Waals surface area contributed by atoms with Gasteiger partial charge in [-0.3, -0.25) is 9.59 Å². The van der Waals surface area contributed by atoms with Crippen LogP contribution in [0.15, 0.2) is 60.7 Å². The van der Waals surface area contributed by atoms with Crippen molar-refractivity contribution in [1.29, 1.82) is 0 Å². The number of fused-ring (bicyclic) bond motifs is 1. The molecule has 3 aromatic carbocycles. The number of amides is 1. The molecule has 0 unspecified atom stereocenters. The van der Waals surface area contributed by atoms with Crippen molar-refractivity contribution < 1.29 is 14.3 Å². The van der Waals surface area contributed by atoms with Crippen LogP contribution in [0.1, 0.15) is 31.0 Å². The van der Waals surface area contributed by atoms with Crippen LogP contribution in [0.2, 0.25) is 5.02 Å². The zero-order valence-electron chi connectivity index (χ0n) is 14.5. The summed E-state index contributed by atoms with van der Waals surface area (Å²) in [6.07, 6.45) is 0. The minimum absolute atomic E-state index is 0.211. The number of hydrogen-bond donors (Lipinski definition) is 1. The van der Waals surface area contributed by atoms with Gasteiger partial charge in [-0.05, 0) is 28.5 Å². The molecule has 1 atom stereocenters. The predicted octanol–water partition coefficient (Wildman–Crippen LogP) is 4.64. The van der Waals surface area contributed by atoms with Crippen LogP contribution in [0, 0.1) is 0 Å². The summed E-state index contributed by atoms with van der Waals surface area (Å²) in [4.78, 5) is 23.5. The lowest BCUT2D eigenvalue weighted by Crippen LogP contribution is -2.28. The van der Waals surface area contributed by atoms with Gasteiger partial charge in [-0.25, -0.2) is 0 Å². The average Bonchev–Trinajstić information content (AvgIpc) is 2.60. The first-order valence-electron chi connectivity index (χ1n) is 8.19. The van der Waals surface area contributed by atoms with E-state index in [4.69, 9.17) is 16.3 Å². The van der Waals surface area contributed by atoms with Gasteiger partial charge < -0.3 is 10.1 Å². The maximum absolute atomic E-state index is 11.9. The summed E-state index contributed by atoms with van der Waals surface area (Å²) in [6, 6.07) is 18.1. The number of carbonyl (C=O) groups is 2. The Morgan fingerprint density at radius 1 is 0.962 bits per heavy atom. The van der Waals surface area contributed by atoms with E-state index in [1.165, 1.54) is 13.8 Å². The van der Waals surface area contributed by atoms with E-state index in [0.29, 0.717) is 16.3 Å². The summed E-state index contributed by atoms with van der Waals surface area (Å²) in [5, 5.41) is 5.32. The van der Waals surface area contributed by atoms with Gasteiger partial charge in [0.05, 0.1) is 6.04 Å². The Hall–Kier alpha value is -2.85. The number of benzene rings is 3. The Labute approximate surface area is 156 Å². The fourth-order valence-corrected chi connectivity index (χ4v) is 3.28. The highest BCUT2D eigenvalue weighted by atomic mass is 35.5. The number of rotatable bonds is 4. The van der Waals surface area contributed by atoms with Gasteiger partial charge in [-0.2, -0.15) is 0 Å². The van der Waals surface area contributed by atoms with E-state index in [-0.39, 0.29) is 5.91 Å². The second kappa shape index (κ2) is 7.58. The molecule has 0 saturated heterocycles. The first-order chi connectivity index (χ1) is 12.5. The van der Waals surface area contributed by atoms with E-state index in [9.17, 15) is 9.59 Å². The van der Waals surface area contributed by atoms with Crippen LogP contribution < -0.4 is 10.1 Å². The summed E-state index contributed by atoms with van der Waals surface area (Å²) in [5.74, 6) is -0.242. The minimum Gasteiger partial charge on any atom is -0.426 e. The quantitative estimate of drug-likeness (QED) is 0.539. The van der Waals surface area contributed by atoms with E-state index >= 15 is 0 Å². The van der Waals surface area contributed by atoms with Gasteiger partial charge in [0.15, 0.2) is 0 Å². The lowest BCUT2D eigenvalue weighted by molar-refractivity contribution is -0.131. The topological polar surface area (TPSA) is 55.4 Å². The molecule has 3 rings (SSSR count). The van der Waals surface area contributed by atoms with E-state index < -0.39 is 12.0 Å². The van der Waals surface area contributed by atoms with Crippen LogP contribution in [-0.2, 0) is 9.59 Å². The van der Waals surface area contributed by atoms with Crippen molar-refractivity contribution in [3.05, 3.63) is 76.8 Å². The summed E-state index contributed by atoms with van der Waals surface area (Å²) >= 11 is 6.40. The van der Waals surface area contributed by atoms with Crippen molar-refractivity contribution in [1.82, 2.24) is 5.32 Å². The van der Waals surface area contributed by atoms with E-state index in [1.54, 1.807) is 12.1 Å². The van der Waals surface area contributed by atoms with Crippen molar-refractivity contribution in [3.63, 3.8) is 0 Å². The van der Waals surface area contributed by atoms with E-state index in [2.05, 4.69) is 5.32 Å². The molecule has 4 nitrogen and oxygen atoms in total. The summed E-state index contributed by atoms with van der Waals surface area (Å²) in [7, 11) is 0. The van der Waals surface area contributed by atoms with Crippen LogP contribution in [0.3, 0.4) is 0 Å². The number of carbonyl (C=O) groups excluding carboxylic acids is 2. The zero-order chi connectivity index (χ0) is 18.7. The second-order valence-electron chi connectivity index (χ2n) is 5.95. The molecule has 0 heterocycles. The van der Waals surface area contributed by atoms with Gasteiger partial charge in [0.2, 0.25) is 5.91 Å². The summed E-state index contributed by atoms with van der Waals surface area (Å²) in [5.41, 5.74) is 1.43. The van der Waals surface area contributed by atoms with Crippen molar-refractivity contribution in [3.8, 4) is 5.75 Å². The van der Waals surface area contributed by atoms with E-state index in [1.807, 2.05) is 48.5 Å². The highest BCUT2D eigenvalue weighted by molar-refractivity contribution is 6.31. The average molecular weight is 368 g/mol. The first kappa shape index (κ1) is 18.0. The second-order valence-corrected chi connectivity index (χ2v) is 6.35. The molecule has 0 aromatic heterocycles. The Kier molecular flexibility index (Phi) is 5.24. The lowest BCUT2D eigenvalue weighted by Gasteiger charge is -2.24. The van der Waals surface area contributed by atoms with Crippen molar-refractivity contribution in [2.75, 3.05) is 0 Å². The van der Waals surface area contributed by atoms with Gasteiger partial charge in [0, 0.05) is 24.4 Å². The molecule has 1 N–H and O–H groups in total. The Morgan fingerprint density at radius 2 is 1.65 bits per heavy atom. The van der Waals surface area contributed by atoms with Gasteiger partial charge in [0.25, 0.3) is 0 Å². The summed E-state index contributed by atoms with van der Waals surface area (Å²) < 4.78 is 5.44. The number of esters is 1. The zero-order valence-corrected chi connectivity index (χ0v) is 15.2. The van der Waals surface area contributed by atoms with Gasteiger partial charge in [-0.15, -0.1) is 0 Å². The molecule has 1 amide bonds. The highest BCUT2D eigenvalue weighted by Crippen LogP contribution is 2.38. The minimum atomic E-state index is -0.554. The molecule has 5 heteroatoms. The molecule has 0 saturated carbocycles.